The fourth-order valence-electron chi connectivity index (χ4n) is 5.65. The molecule has 1 aliphatic heterocycles. The first-order valence-corrected chi connectivity index (χ1v) is 11.6. The molecule has 2 N–H and O–H groups in total. The molecule has 34 heavy (non-hydrogen) atoms. The molecule has 3 aromatic rings. The Balaban J connectivity index is 1.56. The lowest BCUT2D eigenvalue weighted by Gasteiger charge is -2.33. The standard InChI is InChI=1S/C25H28F3N3O3/c1-12(17-10-18(22(27)28)19(26)16-7-5-4-6-15(16)17)21-25(3,33)20(32)24(34-21)31-9-8-14-13(2)29-11-30-23(14)31/h8-12,20-22,24,32-33H,4-7H2,1-3H3/t12-,20+,21-,24-,25+/m1/s1. The summed E-state index contributed by atoms with van der Waals surface area (Å²) in [5.41, 5.74) is 0.604. The summed E-state index contributed by atoms with van der Waals surface area (Å²) in [6.07, 6.45) is -0.422. The zero-order chi connectivity index (χ0) is 24.4. The maximum absolute atomic E-state index is 14.9. The summed E-state index contributed by atoms with van der Waals surface area (Å²) in [6.45, 7) is 5.10. The Hall–Kier alpha value is -2.49. The fourth-order valence-corrected chi connectivity index (χ4v) is 5.65. The first kappa shape index (κ1) is 23.3. The van der Waals surface area contributed by atoms with Crippen LogP contribution >= 0.6 is 0 Å². The zero-order valence-electron chi connectivity index (χ0n) is 19.3. The molecule has 1 fully saturated rings. The number of ether oxygens (including phenoxy) is 1. The van der Waals surface area contributed by atoms with Gasteiger partial charge in [-0.15, -0.1) is 0 Å². The van der Waals surface area contributed by atoms with Crippen molar-refractivity contribution in [3.63, 3.8) is 0 Å². The minimum absolute atomic E-state index is 0.337. The number of fused-ring (bicyclic) bond motifs is 2. The van der Waals surface area contributed by atoms with Crippen LogP contribution in [0.3, 0.4) is 0 Å². The highest BCUT2D eigenvalue weighted by Crippen LogP contribution is 2.46. The number of halogens is 3. The van der Waals surface area contributed by atoms with Gasteiger partial charge in [-0.2, -0.15) is 0 Å². The van der Waals surface area contributed by atoms with Crippen LogP contribution in [0.25, 0.3) is 11.0 Å². The molecule has 6 nitrogen and oxygen atoms in total. The van der Waals surface area contributed by atoms with E-state index in [0.29, 0.717) is 35.2 Å². The van der Waals surface area contributed by atoms with E-state index in [1.54, 1.807) is 17.7 Å². The van der Waals surface area contributed by atoms with Crippen molar-refractivity contribution in [1.82, 2.24) is 14.5 Å². The van der Waals surface area contributed by atoms with Crippen molar-refractivity contribution in [1.29, 1.82) is 0 Å². The summed E-state index contributed by atoms with van der Waals surface area (Å²) in [5, 5.41) is 23.2. The van der Waals surface area contributed by atoms with Crippen molar-refractivity contribution < 1.29 is 28.1 Å². The predicted octanol–water partition coefficient (Wildman–Crippen LogP) is 4.51. The van der Waals surface area contributed by atoms with E-state index in [1.807, 2.05) is 13.0 Å². The first-order valence-electron chi connectivity index (χ1n) is 11.6. The second kappa shape index (κ2) is 8.32. The monoisotopic (exact) mass is 475 g/mol. The molecule has 1 aromatic carbocycles. The van der Waals surface area contributed by atoms with Crippen LogP contribution in [0.5, 0.6) is 0 Å². The maximum atomic E-state index is 14.9. The Morgan fingerprint density at radius 2 is 1.88 bits per heavy atom. The summed E-state index contributed by atoms with van der Waals surface area (Å²) in [5.74, 6) is -1.40. The number of hydrogen-bond acceptors (Lipinski definition) is 5. The SMILES string of the molecule is Cc1ncnc2c1ccn2[C@@H]1O[C@H]([C@H](C)c2cc(C(F)F)c(F)c3c2CCCC3)[C@@](C)(O)[C@H]1O. The number of aliphatic hydroxyl groups excluding tert-OH is 1. The number of aromatic nitrogens is 3. The molecule has 0 amide bonds. The minimum Gasteiger partial charge on any atom is -0.385 e. The Morgan fingerprint density at radius 3 is 2.59 bits per heavy atom. The van der Waals surface area contributed by atoms with Gasteiger partial charge in [0.15, 0.2) is 6.23 Å². The summed E-state index contributed by atoms with van der Waals surface area (Å²) >= 11 is 0. The Bertz CT molecular complexity index is 1240. The largest absolute Gasteiger partial charge is 0.385 e. The molecule has 0 unspecified atom stereocenters. The van der Waals surface area contributed by atoms with Crippen LogP contribution in [-0.2, 0) is 17.6 Å². The molecule has 182 valence electrons. The van der Waals surface area contributed by atoms with E-state index in [9.17, 15) is 23.4 Å². The van der Waals surface area contributed by atoms with E-state index in [0.717, 1.165) is 23.9 Å². The van der Waals surface area contributed by atoms with Crippen LogP contribution < -0.4 is 0 Å². The average molecular weight is 476 g/mol. The molecule has 3 heterocycles. The van der Waals surface area contributed by atoms with E-state index in [1.165, 1.54) is 19.3 Å². The topological polar surface area (TPSA) is 80.4 Å². The van der Waals surface area contributed by atoms with Crippen molar-refractivity contribution in [2.24, 2.45) is 0 Å². The maximum Gasteiger partial charge on any atom is 0.266 e. The first-order chi connectivity index (χ1) is 16.1. The number of rotatable bonds is 4. The molecule has 0 bridgehead atoms. The normalized spacial score (nSPS) is 28.0. The molecule has 1 saturated heterocycles. The average Bonchev–Trinajstić information content (AvgIpc) is 3.33. The van der Waals surface area contributed by atoms with Gasteiger partial charge in [0.1, 0.15) is 29.5 Å². The second-order valence-electron chi connectivity index (χ2n) is 9.66. The lowest BCUT2D eigenvalue weighted by atomic mass is 9.77. The Kier molecular flexibility index (Phi) is 5.69. The van der Waals surface area contributed by atoms with Gasteiger partial charge >= 0.3 is 0 Å². The molecular weight excluding hydrogens is 447 g/mol. The lowest BCUT2D eigenvalue weighted by Crippen LogP contribution is -2.46. The Labute approximate surface area is 195 Å². The zero-order valence-corrected chi connectivity index (χ0v) is 19.3. The highest BCUT2D eigenvalue weighted by Gasteiger charge is 2.55. The third kappa shape index (κ3) is 3.44. The lowest BCUT2D eigenvalue weighted by molar-refractivity contribution is -0.0706. The van der Waals surface area contributed by atoms with Gasteiger partial charge in [-0.1, -0.05) is 6.92 Å². The van der Waals surface area contributed by atoms with Gasteiger partial charge in [0, 0.05) is 17.5 Å². The third-order valence-corrected chi connectivity index (χ3v) is 7.54. The number of alkyl halides is 2. The van der Waals surface area contributed by atoms with Gasteiger partial charge in [0.2, 0.25) is 0 Å². The van der Waals surface area contributed by atoms with Gasteiger partial charge in [0.25, 0.3) is 6.43 Å². The van der Waals surface area contributed by atoms with Crippen LogP contribution in [0, 0.1) is 12.7 Å². The summed E-state index contributed by atoms with van der Waals surface area (Å²) in [6, 6.07) is 3.03. The molecule has 2 aliphatic rings. The molecule has 0 saturated carbocycles. The van der Waals surface area contributed by atoms with Gasteiger partial charge < -0.3 is 19.5 Å². The summed E-state index contributed by atoms with van der Waals surface area (Å²) < 4.78 is 50.1. The van der Waals surface area contributed by atoms with E-state index in [2.05, 4.69) is 9.97 Å². The molecule has 5 rings (SSSR count). The highest BCUT2D eigenvalue weighted by atomic mass is 19.3. The molecule has 1 aliphatic carbocycles. The van der Waals surface area contributed by atoms with Crippen LogP contribution in [0.4, 0.5) is 13.2 Å². The molecule has 0 radical (unpaired) electrons. The number of aliphatic hydroxyl groups is 2. The molecular formula is C25H28F3N3O3. The van der Waals surface area contributed by atoms with Crippen LogP contribution in [0.1, 0.15) is 73.2 Å². The Morgan fingerprint density at radius 1 is 1.18 bits per heavy atom. The van der Waals surface area contributed by atoms with Gasteiger partial charge in [-0.05, 0) is 68.4 Å². The number of hydrogen-bond donors (Lipinski definition) is 2. The van der Waals surface area contributed by atoms with Crippen LogP contribution in [0.2, 0.25) is 0 Å². The summed E-state index contributed by atoms with van der Waals surface area (Å²) in [7, 11) is 0. The van der Waals surface area contributed by atoms with E-state index >= 15 is 0 Å². The van der Waals surface area contributed by atoms with Crippen molar-refractivity contribution in [3.8, 4) is 0 Å². The van der Waals surface area contributed by atoms with E-state index < -0.39 is 47.8 Å². The number of nitrogens with zero attached hydrogens (tertiary/aromatic N) is 3. The number of benzene rings is 1. The van der Waals surface area contributed by atoms with Crippen molar-refractivity contribution in [2.75, 3.05) is 0 Å². The predicted molar refractivity (Wildman–Crippen MR) is 119 cm³/mol. The van der Waals surface area contributed by atoms with Crippen molar-refractivity contribution in [3.05, 3.63) is 58.4 Å². The minimum atomic E-state index is -2.95. The molecule has 5 atom stereocenters. The fraction of sp³-hybridized carbons (Fsp3) is 0.520. The second-order valence-corrected chi connectivity index (χ2v) is 9.66. The third-order valence-electron chi connectivity index (χ3n) is 7.54. The van der Waals surface area contributed by atoms with E-state index in [4.69, 9.17) is 4.74 Å². The quantitative estimate of drug-likeness (QED) is 0.581. The van der Waals surface area contributed by atoms with Gasteiger partial charge in [-0.25, -0.2) is 23.1 Å². The van der Waals surface area contributed by atoms with E-state index in [-0.39, 0.29) is 0 Å². The highest BCUT2D eigenvalue weighted by molar-refractivity contribution is 5.78. The van der Waals surface area contributed by atoms with Crippen LogP contribution in [0.15, 0.2) is 24.7 Å². The molecule has 9 heteroatoms. The molecule has 0 spiro atoms. The smallest absolute Gasteiger partial charge is 0.266 e. The molecule has 2 aromatic heterocycles. The number of aryl methyl sites for hydroxylation is 1. The summed E-state index contributed by atoms with van der Waals surface area (Å²) in [4.78, 5) is 8.49. The van der Waals surface area contributed by atoms with Gasteiger partial charge in [0.05, 0.1) is 17.4 Å². The van der Waals surface area contributed by atoms with Gasteiger partial charge in [-0.3, -0.25) is 0 Å². The van der Waals surface area contributed by atoms with Crippen molar-refractivity contribution >= 4 is 11.0 Å². The van der Waals surface area contributed by atoms with Crippen molar-refractivity contribution in [2.45, 2.75) is 82.8 Å². The van der Waals surface area contributed by atoms with Crippen LogP contribution in [-0.4, -0.2) is 42.6 Å².